The first-order valence-electron chi connectivity index (χ1n) is 9.89. The molecule has 0 atom stereocenters. The predicted octanol–water partition coefficient (Wildman–Crippen LogP) is 6.87. The Kier molecular flexibility index (Phi) is 5.96. The number of aryl methyl sites for hydroxylation is 1. The van der Waals surface area contributed by atoms with E-state index in [2.05, 4.69) is 32.9 Å². The molecule has 6 heteroatoms. The van der Waals surface area contributed by atoms with E-state index in [9.17, 15) is 0 Å². The standard InChI is InChI=1S/C25H22ClN5/c1-4-6-8-17(5-2)20-11-12-27-25(30-20)31-21-15-23-22(13-16(21)3)28-24(29-23)18-9-7-10-19(26)14-18/h4-15H,2H2,1,3H3,(H,28,29)(H,27,30,31). The van der Waals surface area contributed by atoms with E-state index >= 15 is 0 Å². The maximum Gasteiger partial charge on any atom is 0.227 e. The highest BCUT2D eigenvalue weighted by molar-refractivity contribution is 6.30. The highest BCUT2D eigenvalue weighted by Gasteiger charge is 2.10. The van der Waals surface area contributed by atoms with Crippen LogP contribution in [-0.4, -0.2) is 19.9 Å². The Morgan fingerprint density at radius 2 is 2.03 bits per heavy atom. The molecule has 2 aromatic carbocycles. The second-order valence-electron chi connectivity index (χ2n) is 7.02. The van der Waals surface area contributed by atoms with Crippen molar-refractivity contribution >= 4 is 39.8 Å². The number of anilines is 2. The summed E-state index contributed by atoms with van der Waals surface area (Å²) < 4.78 is 0. The highest BCUT2D eigenvalue weighted by Crippen LogP contribution is 2.28. The largest absolute Gasteiger partial charge is 0.338 e. The van der Waals surface area contributed by atoms with Gasteiger partial charge in [-0.3, -0.25) is 0 Å². The van der Waals surface area contributed by atoms with Crippen LogP contribution in [0.2, 0.25) is 5.02 Å². The lowest BCUT2D eigenvalue weighted by molar-refractivity contribution is 1.14. The van der Waals surface area contributed by atoms with Gasteiger partial charge in [-0.05, 0) is 55.3 Å². The molecule has 0 fully saturated rings. The monoisotopic (exact) mass is 427 g/mol. The van der Waals surface area contributed by atoms with Crippen LogP contribution in [0.3, 0.4) is 0 Å². The van der Waals surface area contributed by atoms with E-state index in [1.807, 2.05) is 68.5 Å². The number of nitrogens with zero attached hydrogens (tertiary/aromatic N) is 3. The summed E-state index contributed by atoms with van der Waals surface area (Å²) in [7, 11) is 0. The number of hydrogen-bond donors (Lipinski definition) is 2. The van der Waals surface area contributed by atoms with Gasteiger partial charge in [0.05, 0.1) is 16.7 Å². The molecule has 4 aromatic rings. The molecule has 4 rings (SSSR count). The molecule has 2 N–H and O–H groups in total. The number of rotatable bonds is 6. The fraction of sp³-hybridized carbons (Fsp3) is 0.0800. The smallest absolute Gasteiger partial charge is 0.227 e. The fourth-order valence-corrected chi connectivity index (χ4v) is 3.42. The van der Waals surface area contributed by atoms with Gasteiger partial charge < -0.3 is 10.3 Å². The molecule has 5 nitrogen and oxygen atoms in total. The van der Waals surface area contributed by atoms with Gasteiger partial charge in [-0.2, -0.15) is 0 Å². The van der Waals surface area contributed by atoms with Crippen LogP contribution in [0.5, 0.6) is 0 Å². The van der Waals surface area contributed by atoms with Crippen LogP contribution < -0.4 is 5.32 Å². The lowest BCUT2D eigenvalue weighted by atomic mass is 10.1. The molecule has 0 radical (unpaired) electrons. The van der Waals surface area contributed by atoms with E-state index in [4.69, 9.17) is 16.6 Å². The number of nitrogens with one attached hydrogen (secondary N) is 2. The Morgan fingerprint density at radius 3 is 2.81 bits per heavy atom. The first-order chi connectivity index (χ1) is 15.1. The molecule has 0 bridgehead atoms. The van der Waals surface area contributed by atoms with E-state index in [1.165, 1.54) is 0 Å². The Labute approximate surface area is 186 Å². The number of benzene rings is 2. The number of imidazole rings is 1. The first-order valence-corrected chi connectivity index (χ1v) is 10.3. The Bertz CT molecular complexity index is 1320. The molecule has 0 spiro atoms. The third-order valence-corrected chi connectivity index (χ3v) is 5.05. The van der Waals surface area contributed by atoms with Crippen LogP contribution in [-0.2, 0) is 0 Å². The third-order valence-electron chi connectivity index (χ3n) is 4.81. The minimum atomic E-state index is 0.513. The van der Waals surface area contributed by atoms with E-state index in [-0.39, 0.29) is 0 Å². The van der Waals surface area contributed by atoms with Gasteiger partial charge in [0.25, 0.3) is 0 Å². The summed E-state index contributed by atoms with van der Waals surface area (Å²) in [5.41, 5.74) is 6.41. The van der Waals surface area contributed by atoms with Crippen molar-refractivity contribution in [1.29, 1.82) is 0 Å². The first kappa shape index (κ1) is 20.6. The van der Waals surface area contributed by atoms with Crippen molar-refractivity contribution in [3.05, 3.63) is 95.8 Å². The van der Waals surface area contributed by atoms with Crippen molar-refractivity contribution in [1.82, 2.24) is 19.9 Å². The molecule has 0 aliphatic carbocycles. The lowest BCUT2D eigenvalue weighted by Gasteiger charge is -2.09. The molecular weight excluding hydrogens is 406 g/mol. The van der Waals surface area contributed by atoms with E-state index in [0.717, 1.165) is 44.9 Å². The second kappa shape index (κ2) is 8.98. The Hall–Kier alpha value is -3.70. The number of aromatic amines is 1. The summed E-state index contributed by atoms with van der Waals surface area (Å²) in [6.07, 6.45) is 9.41. The SMILES string of the molecule is C=CC(=CC=CC)c1ccnc(Nc2cc3nc(-c4cccc(Cl)c4)[nH]c3cc2C)n1. The second-order valence-corrected chi connectivity index (χ2v) is 7.46. The van der Waals surface area contributed by atoms with E-state index < -0.39 is 0 Å². The highest BCUT2D eigenvalue weighted by atomic mass is 35.5. The van der Waals surface area contributed by atoms with Crippen molar-refractivity contribution in [2.75, 3.05) is 5.32 Å². The van der Waals surface area contributed by atoms with Crippen molar-refractivity contribution in [3.8, 4) is 11.4 Å². The normalized spacial score (nSPS) is 11.9. The molecule has 2 heterocycles. The van der Waals surface area contributed by atoms with Crippen LogP contribution in [0.25, 0.3) is 28.0 Å². The molecule has 0 aliphatic rings. The molecule has 154 valence electrons. The van der Waals surface area contributed by atoms with Crippen LogP contribution in [0.1, 0.15) is 18.2 Å². The van der Waals surface area contributed by atoms with Gasteiger partial charge in [-0.1, -0.05) is 54.6 Å². The van der Waals surface area contributed by atoms with Crippen LogP contribution in [0.15, 0.2) is 79.5 Å². The average molecular weight is 428 g/mol. The number of aromatic nitrogens is 4. The van der Waals surface area contributed by atoms with Crippen molar-refractivity contribution in [3.63, 3.8) is 0 Å². The maximum atomic E-state index is 6.13. The molecular formula is C25H22ClN5. The molecule has 0 saturated carbocycles. The lowest BCUT2D eigenvalue weighted by Crippen LogP contribution is -2.00. The van der Waals surface area contributed by atoms with Gasteiger partial charge in [-0.25, -0.2) is 15.0 Å². The number of hydrogen-bond acceptors (Lipinski definition) is 4. The number of allylic oxidation sites excluding steroid dienone is 5. The fourth-order valence-electron chi connectivity index (χ4n) is 3.23. The molecule has 0 amide bonds. The van der Waals surface area contributed by atoms with Gasteiger partial charge in [0.1, 0.15) is 5.82 Å². The van der Waals surface area contributed by atoms with Crippen molar-refractivity contribution in [2.45, 2.75) is 13.8 Å². The van der Waals surface area contributed by atoms with Gasteiger partial charge in [0.2, 0.25) is 5.95 Å². The number of H-pyrrole nitrogens is 1. The van der Waals surface area contributed by atoms with Crippen molar-refractivity contribution in [2.24, 2.45) is 0 Å². The molecule has 0 unspecified atom stereocenters. The zero-order valence-electron chi connectivity index (χ0n) is 17.4. The van der Waals surface area contributed by atoms with E-state index in [0.29, 0.717) is 11.0 Å². The number of halogens is 1. The van der Waals surface area contributed by atoms with Crippen molar-refractivity contribution < 1.29 is 0 Å². The maximum absolute atomic E-state index is 6.13. The minimum absolute atomic E-state index is 0.513. The zero-order chi connectivity index (χ0) is 21.8. The van der Waals surface area contributed by atoms with E-state index in [1.54, 1.807) is 12.3 Å². The summed E-state index contributed by atoms with van der Waals surface area (Å²) >= 11 is 6.13. The average Bonchev–Trinajstić information content (AvgIpc) is 3.18. The summed E-state index contributed by atoms with van der Waals surface area (Å²) in [6, 6.07) is 13.5. The summed E-state index contributed by atoms with van der Waals surface area (Å²) in [6.45, 7) is 7.88. The summed E-state index contributed by atoms with van der Waals surface area (Å²) in [5, 5.41) is 4.00. The molecule has 0 saturated heterocycles. The zero-order valence-corrected chi connectivity index (χ0v) is 18.1. The number of fused-ring (bicyclic) bond motifs is 1. The Balaban J connectivity index is 1.67. The molecule has 31 heavy (non-hydrogen) atoms. The quantitative estimate of drug-likeness (QED) is 0.329. The Morgan fingerprint density at radius 1 is 1.16 bits per heavy atom. The topological polar surface area (TPSA) is 66.5 Å². The van der Waals surface area contributed by atoms with Crippen LogP contribution in [0.4, 0.5) is 11.6 Å². The summed E-state index contributed by atoms with van der Waals surface area (Å²) in [5.74, 6) is 1.29. The van der Waals surface area contributed by atoms with Gasteiger partial charge in [-0.15, -0.1) is 0 Å². The minimum Gasteiger partial charge on any atom is -0.338 e. The summed E-state index contributed by atoms with van der Waals surface area (Å²) in [4.78, 5) is 17.1. The predicted molar refractivity (Wildman–Crippen MR) is 130 cm³/mol. The third kappa shape index (κ3) is 4.57. The van der Waals surface area contributed by atoms with Gasteiger partial charge >= 0.3 is 0 Å². The van der Waals surface area contributed by atoms with Crippen LogP contribution >= 0.6 is 11.6 Å². The molecule has 0 aliphatic heterocycles. The van der Waals surface area contributed by atoms with Gasteiger partial charge in [0, 0.05) is 22.5 Å². The molecule has 2 aromatic heterocycles. The van der Waals surface area contributed by atoms with Gasteiger partial charge in [0.15, 0.2) is 0 Å². The van der Waals surface area contributed by atoms with Crippen LogP contribution in [0, 0.1) is 6.92 Å².